The molecule has 2 N–H and O–H groups in total. The average Bonchev–Trinajstić information content (AvgIpc) is 2.80. The van der Waals surface area contributed by atoms with E-state index in [-0.39, 0.29) is 5.91 Å². The molecule has 1 aliphatic heterocycles. The van der Waals surface area contributed by atoms with Gasteiger partial charge >= 0.3 is 0 Å². The number of nitrogens with one attached hydrogen (secondary N) is 2. The number of benzene rings is 2. The summed E-state index contributed by atoms with van der Waals surface area (Å²) in [5, 5.41) is 7.14. The van der Waals surface area contributed by atoms with Crippen LogP contribution in [0.3, 0.4) is 0 Å². The van der Waals surface area contributed by atoms with Crippen LogP contribution in [0.15, 0.2) is 48.8 Å². The summed E-state index contributed by atoms with van der Waals surface area (Å²) in [6.45, 7) is 7.46. The summed E-state index contributed by atoms with van der Waals surface area (Å²) < 4.78 is 0. The number of fused-ring (bicyclic) bond motifs is 1. The van der Waals surface area contributed by atoms with Gasteiger partial charge in [0.05, 0.1) is 12.1 Å². The molecule has 158 valence electrons. The van der Waals surface area contributed by atoms with Crippen LogP contribution in [-0.2, 0) is 4.79 Å². The highest BCUT2D eigenvalue weighted by molar-refractivity contribution is 5.97. The Morgan fingerprint density at radius 2 is 1.87 bits per heavy atom. The Balaban J connectivity index is 1.47. The van der Waals surface area contributed by atoms with Crippen molar-refractivity contribution in [3.05, 3.63) is 54.4 Å². The van der Waals surface area contributed by atoms with Crippen molar-refractivity contribution in [3.8, 4) is 12.3 Å². The standard InChI is InChI=1S/C24H26N6O/c1-3-18-6-5-7-19(14-18)28-24-21-15-20(8-9-22(21)25-17-26-24)27-23(31)16-30-12-10-29(4-2)11-13-30/h1,5-9,14-15,17H,4,10-13,16H2,2H3,(H,27,31)(H,25,26,28). The van der Waals surface area contributed by atoms with Gasteiger partial charge in [0.2, 0.25) is 5.91 Å². The molecule has 1 saturated heterocycles. The van der Waals surface area contributed by atoms with E-state index in [1.165, 1.54) is 6.33 Å². The first-order valence-corrected chi connectivity index (χ1v) is 10.5. The number of nitrogens with zero attached hydrogens (tertiary/aromatic N) is 4. The van der Waals surface area contributed by atoms with E-state index in [0.717, 1.165) is 60.6 Å². The van der Waals surface area contributed by atoms with Crippen LogP contribution in [0.1, 0.15) is 12.5 Å². The molecule has 0 atom stereocenters. The molecule has 1 amide bonds. The first-order chi connectivity index (χ1) is 15.1. The molecule has 7 heteroatoms. The maximum atomic E-state index is 12.6. The molecule has 0 spiro atoms. The summed E-state index contributed by atoms with van der Waals surface area (Å²) in [4.78, 5) is 25.9. The van der Waals surface area contributed by atoms with E-state index in [9.17, 15) is 4.79 Å². The van der Waals surface area contributed by atoms with Crippen molar-refractivity contribution in [1.29, 1.82) is 0 Å². The molecule has 1 aliphatic rings. The fraction of sp³-hybridized carbons (Fsp3) is 0.292. The lowest BCUT2D eigenvalue weighted by Crippen LogP contribution is -2.48. The summed E-state index contributed by atoms with van der Waals surface area (Å²) in [7, 11) is 0. The maximum absolute atomic E-state index is 12.6. The molecular weight excluding hydrogens is 388 g/mol. The number of hydrogen-bond donors (Lipinski definition) is 2. The summed E-state index contributed by atoms with van der Waals surface area (Å²) in [6, 6.07) is 13.2. The van der Waals surface area contributed by atoms with E-state index in [4.69, 9.17) is 6.42 Å². The molecule has 31 heavy (non-hydrogen) atoms. The highest BCUT2D eigenvalue weighted by Gasteiger charge is 2.18. The molecular formula is C24H26N6O. The minimum Gasteiger partial charge on any atom is -0.340 e. The second kappa shape index (κ2) is 9.56. The number of rotatable bonds is 6. The van der Waals surface area contributed by atoms with Gasteiger partial charge in [-0.1, -0.05) is 18.9 Å². The molecule has 4 rings (SSSR count). The third-order valence-electron chi connectivity index (χ3n) is 5.49. The SMILES string of the molecule is C#Cc1cccc(Nc2ncnc3ccc(NC(=O)CN4CCN(CC)CC4)cc23)c1. The van der Waals surface area contributed by atoms with Crippen LogP contribution < -0.4 is 10.6 Å². The molecule has 0 bridgehead atoms. The minimum absolute atomic E-state index is 0.0163. The van der Waals surface area contributed by atoms with Crippen molar-refractivity contribution in [2.45, 2.75) is 6.92 Å². The fourth-order valence-corrected chi connectivity index (χ4v) is 3.72. The zero-order valence-electron chi connectivity index (χ0n) is 17.6. The smallest absolute Gasteiger partial charge is 0.238 e. The molecule has 0 saturated carbocycles. The lowest BCUT2D eigenvalue weighted by molar-refractivity contribution is -0.117. The zero-order valence-corrected chi connectivity index (χ0v) is 17.6. The molecule has 1 aromatic heterocycles. The van der Waals surface area contributed by atoms with E-state index in [1.807, 2.05) is 42.5 Å². The van der Waals surface area contributed by atoms with E-state index < -0.39 is 0 Å². The average molecular weight is 415 g/mol. The van der Waals surface area contributed by atoms with Crippen LogP contribution in [-0.4, -0.2) is 64.9 Å². The van der Waals surface area contributed by atoms with Gasteiger partial charge in [-0.3, -0.25) is 9.69 Å². The van der Waals surface area contributed by atoms with Crippen LogP contribution >= 0.6 is 0 Å². The Bertz CT molecular complexity index is 1110. The van der Waals surface area contributed by atoms with E-state index in [0.29, 0.717) is 12.4 Å². The fourth-order valence-electron chi connectivity index (χ4n) is 3.72. The largest absolute Gasteiger partial charge is 0.340 e. The van der Waals surface area contributed by atoms with Gasteiger partial charge in [0, 0.05) is 48.5 Å². The van der Waals surface area contributed by atoms with Gasteiger partial charge in [-0.05, 0) is 42.9 Å². The molecule has 0 unspecified atom stereocenters. The van der Waals surface area contributed by atoms with Crippen LogP contribution in [0.25, 0.3) is 10.9 Å². The van der Waals surface area contributed by atoms with Crippen molar-refractivity contribution in [2.75, 3.05) is 49.9 Å². The predicted octanol–water partition coefficient (Wildman–Crippen LogP) is 2.93. The Hall–Kier alpha value is -3.47. The Morgan fingerprint density at radius 1 is 1.06 bits per heavy atom. The van der Waals surface area contributed by atoms with Crippen molar-refractivity contribution < 1.29 is 4.79 Å². The molecule has 1 fully saturated rings. The maximum Gasteiger partial charge on any atom is 0.238 e. The highest BCUT2D eigenvalue weighted by atomic mass is 16.2. The Morgan fingerprint density at radius 3 is 2.65 bits per heavy atom. The molecule has 0 aliphatic carbocycles. The first-order valence-electron chi connectivity index (χ1n) is 10.5. The first kappa shape index (κ1) is 20.8. The second-order valence-corrected chi connectivity index (χ2v) is 7.56. The van der Waals surface area contributed by atoms with Crippen LogP contribution in [0, 0.1) is 12.3 Å². The number of amides is 1. The van der Waals surface area contributed by atoms with Gasteiger partial charge in [0.1, 0.15) is 12.1 Å². The van der Waals surface area contributed by atoms with Gasteiger partial charge in [0.25, 0.3) is 0 Å². The quantitative estimate of drug-likeness (QED) is 0.605. The number of aromatic nitrogens is 2. The number of hydrogen-bond acceptors (Lipinski definition) is 6. The van der Waals surface area contributed by atoms with Gasteiger partial charge in [0.15, 0.2) is 0 Å². The number of piperazine rings is 1. The van der Waals surface area contributed by atoms with Gasteiger partial charge < -0.3 is 15.5 Å². The number of terminal acetylenes is 1. The number of carbonyl (C=O) groups is 1. The lowest BCUT2D eigenvalue weighted by Gasteiger charge is -2.33. The molecule has 3 aromatic rings. The van der Waals surface area contributed by atoms with Crippen molar-refractivity contribution >= 4 is 34.0 Å². The van der Waals surface area contributed by atoms with Crippen molar-refractivity contribution in [2.24, 2.45) is 0 Å². The lowest BCUT2D eigenvalue weighted by atomic mass is 10.2. The van der Waals surface area contributed by atoms with E-state index in [1.54, 1.807) is 0 Å². The summed E-state index contributed by atoms with van der Waals surface area (Å²) in [5.41, 5.74) is 3.14. The number of likely N-dealkylation sites (N-methyl/N-ethyl adjacent to an activating group) is 1. The molecule has 2 aromatic carbocycles. The monoisotopic (exact) mass is 414 g/mol. The summed E-state index contributed by atoms with van der Waals surface area (Å²) in [5.74, 6) is 3.28. The molecule has 0 radical (unpaired) electrons. The summed E-state index contributed by atoms with van der Waals surface area (Å²) in [6.07, 6.45) is 7.02. The predicted molar refractivity (Wildman–Crippen MR) is 124 cm³/mol. The Kier molecular flexibility index (Phi) is 6.41. The zero-order chi connectivity index (χ0) is 21.6. The molecule has 7 nitrogen and oxygen atoms in total. The van der Waals surface area contributed by atoms with Gasteiger partial charge in [-0.2, -0.15) is 0 Å². The van der Waals surface area contributed by atoms with Crippen molar-refractivity contribution in [1.82, 2.24) is 19.8 Å². The van der Waals surface area contributed by atoms with E-state index in [2.05, 4.69) is 43.2 Å². The van der Waals surface area contributed by atoms with Crippen LogP contribution in [0.5, 0.6) is 0 Å². The highest BCUT2D eigenvalue weighted by Crippen LogP contribution is 2.26. The van der Waals surface area contributed by atoms with Gasteiger partial charge in [-0.15, -0.1) is 6.42 Å². The third-order valence-corrected chi connectivity index (χ3v) is 5.49. The van der Waals surface area contributed by atoms with Crippen LogP contribution in [0.2, 0.25) is 0 Å². The number of anilines is 3. The second-order valence-electron chi connectivity index (χ2n) is 7.56. The summed E-state index contributed by atoms with van der Waals surface area (Å²) >= 11 is 0. The Labute approximate surface area is 182 Å². The topological polar surface area (TPSA) is 73.4 Å². The van der Waals surface area contributed by atoms with E-state index >= 15 is 0 Å². The molecule has 2 heterocycles. The van der Waals surface area contributed by atoms with Gasteiger partial charge in [-0.25, -0.2) is 9.97 Å². The van der Waals surface area contributed by atoms with Crippen molar-refractivity contribution in [3.63, 3.8) is 0 Å². The third kappa shape index (κ3) is 5.18. The van der Waals surface area contributed by atoms with Crippen LogP contribution in [0.4, 0.5) is 17.2 Å². The minimum atomic E-state index is -0.0163. The normalized spacial score (nSPS) is 14.8. The number of carbonyl (C=O) groups excluding carboxylic acids is 1.